The summed E-state index contributed by atoms with van der Waals surface area (Å²) in [6.07, 6.45) is -5.12. The van der Waals surface area contributed by atoms with Crippen molar-refractivity contribution < 1.29 is 36.3 Å². The first-order chi connectivity index (χ1) is 17.5. The first kappa shape index (κ1) is 27.0. The Morgan fingerprint density at radius 1 is 1.19 bits per heavy atom. The van der Waals surface area contributed by atoms with E-state index in [2.05, 4.69) is 10.1 Å². The van der Waals surface area contributed by atoms with Gasteiger partial charge in [0.25, 0.3) is 12.9 Å². The van der Waals surface area contributed by atoms with Crippen LogP contribution in [0.5, 0.6) is 5.75 Å². The maximum absolute atomic E-state index is 14.0. The number of amides is 1. The minimum atomic E-state index is -3.05. The molecule has 0 aliphatic carbocycles. The van der Waals surface area contributed by atoms with Gasteiger partial charge in [0.2, 0.25) is 5.91 Å². The number of hydrogen-bond donors (Lipinski definition) is 0. The largest absolute Gasteiger partial charge is 0.417 e. The van der Waals surface area contributed by atoms with Crippen molar-refractivity contribution in [1.82, 2.24) is 19.7 Å². The Kier molecular flexibility index (Phi) is 8.12. The number of rotatable bonds is 7. The van der Waals surface area contributed by atoms with E-state index in [1.165, 1.54) is 28.4 Å². The van der Waals surface area contributed by atoms with E-state index >= 15 is 0 Å². The highest BCUT2D eigenvalue weighted by atomic mass is 35.5. The van der Waals surface area contributed by atoms with Crippen molar-refractivity contribution in [3.63, 3.8) is 0 Å². The average molecular weight is 563 g/mol. The Balaban J connectivity index is 1.38. The second-order valence-electron chi connectivity index (χ2n) is 8.31. The number of aryl methyl sites for hydroxylation is 1. The Labute approximate surface area is 216 Å². The molecule has 1 aromatic carbocycles. The summed E-state index contributed by atoms with van der Waals surface area (Å²) in [6, 6.07) is 4.48. The van der Waals surface area contributed by atoms with Gasteiger partial charge < -0.3 is 9.64 Å². The van der Waals surface area contributed by atoms with Crippen LogP contribution in [0.1, 0.15) is 63.4 Å². The number of carbonyl (C=O) groups excluding carboxylic acids is 2. The Morgan fingerprint density at radius 2 is 1.89 bits per heavy atom. The van der Waals surface area contributed by atoms with Gasteiger partial charge in [-0.25, -0.2) is 31.7 Å². The van der Waals surface area contributed by atoms with Crippen LogP contribution in [0.2, 0.25) is 5.02 Å². The summed E-state index contributed by atoms with van der Waals surface area (Å²) in [5.41, 5.74) is -1.52. The Morgan fingerprint density at radius 3 is 2.51 bits per heavy atom. The van der Waals surface area contributed by atoms with Crippen LogP contribution in [0, 0.1) is 12.7 Å². The lowest BCUT2D eigenvalue weighted by molar-refractivity contribution is -0.133. The summed E-state index contributed by atoms with van der Waals surface area (Å²) < 4.78 is 71.9. The average Bonchev–Trinajstić information content (AvgIpc) is 3.45. The number of hydrogen-bond acceptors (Lipinski definition) is 6. The molecule has 0 spiro atoms. The number of nitrogens with zero attached hydrogens (tertiary/aromatic N) is 4. The molecule has 1 saturated heterocycles. The topological polar surface area (TPSA) is 77.3 Å². The minimum absolute atomic E-state index is 0.0332. The van der Waals surface area contributed by atoms with Crippen molar-refractivity contribution >= 4 is 34.8 Å². The molecule has 0 N–H and O–H groups in total. The van der Waals surface area contributed by atoms with Gasteiger partial charge in [-0.05, 0) is 38.0 Å². The predicted octanol–water partition coefficient (Wildman–Crippen LogP) is 5.94. The van der Waals surface area contributed by atoms with Crippen molar-refractivity contribution in [2.75, 3.05) is 13.1 Å². The molecular weight excluding hydrogens is 543 g/mol. The van der Waals surface area contributed by atoms with Crippen LogP contribution in [0.15, 0.2) is 24.3 Å². The number of thiazole rings is 1. The molecule has 2 aromatic heterocycles. The molecule has 198 valence electrons. The lowest BCUT2D eigenvalue weighted by Crippen LogP contribution is -2.40. The SMILES string of the molecule is Cc1sc(C2CCN(C(=O)Cn3nc(C(F)F)cc3C(F)F)CC2)nc1C(=O)Oc1c(F)cccc1Cl. The van der Waals surface area contributed by atoms with Crippen LogP contribution in [0.4, 0.5) is 22.0 Å². The summed E-state index contributed by atoms with van der Waals surface area (Å²) in [5.74, 6) is -2.63. The number of piperidine rings is 1. The van der Waals surface area contributed by atoms with Gasteiger partial charge in [0, 0.05) is 23.9 Å². The first-order valence-electron chi connectivity index (χ1n) is 11.1. The maximum atomic E-state index is 14.0. The highest BCUT2D eigenvalue weighted by molar-refractivity contribution is 7.12. The van der Waals surface area contributed by atoms with Gasteiger partial charge in [0.05, 0.1) is 10.0 Å². The van der Waals surface area contributed by atoms with E-state index in [-0.39, 0.29) is 35.5 Å². The molecule has 0 bridgehead atoms. The number of para-hydroxylation sites is 1. The van der Waals surface area contributed by atoms with Gasteiger partial charge >= 0.3 is 5.97 Å². The van der Waals surface area contributed by atoms with E-state index in [4.69, 9.17) is 16.3 Å². The van der Waals surface area contributed by atoms with Gasteiger partial charge in [0.1, 0.15) is 17.9 Å². The normalized spacial score (nSPS) is 14.6. The third-order valence-corrected chi connectivity index (χ3v) is 7.31. The number of alkyl halides is 4. The van der Waals surface area contributed by atoms with Gasteiger partial charge in [0.15, 0.2) is 17.3 Å². The molecular formula is C23H20ClF5N4O3S. The molecule has 1 fully saturated rings. The van der Waals surface area contributed by atoms with E-state index in [1.807, 2.05) is 0 Å². The predicted molar refractivity (Wildman–Crippen MR) is 124 cm³/mol. The number of halogens is 6. The molecule has 14 heteroatoms. The number of esters is 1. The zero-order valence-corrected chi connectivity index (χ0v) is 20.8. The second kappa shape index (κ2) is 11.1. The van der Waals surface area contributed by atoms with E-state index in [0.29, 0.717) is 33.5 Å². The van der Waals surface area contributed by atoms with Crippen molar-refractivity contribution in [3.05, 3.63) is 62.1 Å². The molecule has 1 amide bonds. The molecule has 0 unspecified atom stereocenters. The fourth-order valence-corrected chi connectivity index (χ4v) is 5.25. The van der Waals surface area contributed by atoms with Crippen LogP contribution >= 0.6 is 22.9 Å². The number of carbonyl (C=O) groups is 2. The number of benzene rings is 1. The highest BCUT2D eigenvalue weighted by Gasteiger charge is 2.30. The quantitative estimate of drug-likeness (QED) is 0.202. The van der Waals surface area contributed by atoms with Crippen LogP contribution in [-0.2, 0) is 11.3 Å². The summed E-state index contributed by atoms with van der Waals surface area (Å²) in [7, 11) is 0. The highest BCUT2D eigenvalue weighted by Crippen LogP contribution is 2.34. The van der Waals surface area contributed by atoms with Crippen molar-refractivity contribution in [2.45, 2.75) is 45.1 Å². The summed E-state index contributed by atoms with van der Waals surface area (Å²) in [6.45, 7) is 1.65. The summed E-state index contributed by atoms with van der Waals surface area (Å²) in [4.78, 5) is 31.7. The van der Waals surface area contributed by atoms with Crippen LogP contribution in [-0.4, -0.2) is 44.6 Å². The van der Waals surface area contributed by atoms with Crippen LogP contribution < -0.4 is 4.74 Å². The zero-order valence-electron chi connectivity index (χ0n) is 19.3. The molecule has 0 atom stereocenters. The molecule has 7 nitrogen and oxygen atoms in total. The van der Waals surface area contributed by atoms with Gasteiger partial charge in [-0.15, -0.1) is 11.3 Å². The Bertz CT molecular complexity index is 1290. The van der Waals surface area contributed by atoms with Crippen molar-refractivity contribution in [1.29, 1.82) is 0 Å². The maximum Gasteiger partial charge on any atom is 0.363 e. The zero-order chi connectivity index (χ0) is 26.9. The molecule has 3 aromatic rings. The third kappa shape index (κ3) is 5.93. The number of aromatic nitrogens is 3. The standard InChI is InChI=1S/C23H20ClF5N4O3S/c1-11-18(23(35)36-19-13(24)3-2-4-14(19)25)30-22(37-11)12-5-7-32(8-6-12)17(34)10-33-16(21(28)29)9-15(31-33)20(26)27/h2-4,9,12,20-21H,5-8,10H2,1H3. The van der Waals surface area contributed by atoms with Crippen molar-refractivity contribution in [3.8, 4) is 5.75 Å². The molecule has 0 radical (unpaired) electrons. The molecule has 1 aliphatic heterocycles. The lowest BCUT2D eigenvalue weighted by Gasteiger charge is -2.31. The van der Waals surface area contributed by atoms with Crippen molar-refractivity contribution in [2.24, 2.45) is 0 Å². The van der Waals surface area contributed by atoms with E-state index in [1.54, 1.807) is 6.92 Å². The summed E-state index contributed by atoms with van der Waals surface area (Å²) in [5, 5.41) is 4.04. The first-order valence-corrected chi connectivity index (χ1v) is 12.3. The number of likely N-dealkylation sites (tertiary alicyclic amines) is 1. The smallest absolute Gasteiger partial charge is 0.363 e. The van der Waals surface area contributed by atoms with Gasteiger partial charge in [-0.2, -0.15) is 5.10 Å². The van der Waals surface area contributed by atoms with E-state index < -0.39 is 48.5 Å². The summed E-state index contributed by atoms with van der Waals surface area (Å²) >= 11 is 7.19. The lowest BCUT2D eigenvalue weighted by atomic mass is 9.97. The monoisotopic (exact) mass is 562 g/mol. The van der Waals surface area contributed by atoms with E-state index in [0.717, 1.165) is 6.07 Å². The molecule has 0 saturated carbocycles. The Hall–Kier alpha value is -3.06. The van der Waals surface area contributed by atoms with Crippen LogP contribution in [0.3, 0.4) is 0 Å². The minimum Gasteiger partial charge on any atom is -0.417 e. The molecule has 37 heavy (non-hydrogen) atoms. The number of ether oxygens (including phenoxy) is 1. The van der Waals surface area contributed by atoms with Crippen LogP contribution in [0.25, 0.3) is 0 Å². The third-order valence-electron chi connectivity index (χ3n) is 5.88. The molecule has 3 heterocycles. The molecule has 1 aliphatic rings. The fraction of sp³-hybridized carbons (Fsp3) is 0.391. The van der Waals surface area contributed by atoms with Gasteiger partial charge in [-0.1, -0.05) is 17.7 Å². The van der Waals surface area contributed by atoms with E-state index in [9.17, 15) is 31.5 Å². The molecule has 4 rings (SSSR count). The second-order valence-corrected chi connectivity index (χ2v) is 9.95. The van der Waals surface area contributed by atoms with Gasteiger partial charge in [-0.3, -0.25) is 9.48 Å². The fourth-order valence-electron chi connectivity index (χ4n) is 3.97.